The van der Waals surface area contributed by atoms with E-state index in [9.17, 15) is 14.7 Å². The van der Waals surface area contributed by atoms with Gasteiger partial charge in [-0.15, -0.1) is 0 Å². The van der Waals surface area contributed by atoms with Crippen LogP contribution in [0.5, 0.6) is 0 Å². The van der Waals surface area contributed by atoms with E-state index < -0.39 is 5.60 Å². The highest BCUT2D eigenvalue weighted by molar-refractivity contribution is 5.95. The second-order valence-electron chi connectivity index (χ2n) is 9.73. The maximum Gasteiger partial charge on any atom is 0.319 e. The third-order valence-electron chi connectivity index (χ3n) is 6.48. The largest absolute Gasteiger partial charge is 0.390 e. The Morgan fingerprint density at radius 1 is 1.11 bits per heavy atom. The lowest BCUT2D eigenvalue weighted by atomic mass is 9.51. The molecule has 0 saturated heterocycles. The van der Waals surface area contributed by atoms with Crippen LogP contribution in [0, 0.1) is 17.8 Å². The lowest BCUT2D eigenvalue weighted by Gasteiger charge is -2.60. The predicted molar refractivity (Wildman–Crippen MR) is 108 cm³/mol. The first kappa shape index (κ1) is 19.2. The molecule has 0 radical (unpaired) electrons. The number of urea groups is 1. The van der Waals surface area contributed by atoms with Gasteiger partial charge in [0, 0.05) is 23.3 Å². The SMILES string of the molecule is CC(C)CNC(=O)c1ccc(NC(=O)NC23CC4CC(CC(O)(C4)C2)C3)cc1. The number of nitrogens with one attached hydrogen (secondary N) is 3. The summed E-state index contributed by atoms with van der Waals surface area (Å²) in [7, 11) is 0. The van der Waals surface area contributed by atoms with Crippen LogP contribution >= 0.6 is 0 Å². The molecule has 4 aliphatic carbocycles. The molecule has 4 N–H and O–H groups in total. The Morgan fingerprint density at radius 3 is 2.32 bits per heavy atom. The molecule has 4 aliphatic rings. The fraction of sp³-hybridized carbons (Fsp3) is 0.636. The van der Waals surface area contributed by atoms with E-state index in [1.165, 1.54) is 6.42 Å². The molecule has 0 aliphatic heterocycles. The van der Waals surface area contributed by atoms with Crippen LogP contribution < -0.4 is 16.0 Å². The van der Waals surface area contributed by atoms with Crippen molar-refractivity contribution in [3.8, 4) is 0 Å². The molecular weight excluding hydrogens is 354 g/mol. The van der Waals surface area contributed by atoms with E-state index in [-0.39, 0.29) is 17.5 Å². The van der Waals surface area contributed by atoms with Gasteiger partial charge >= 0.3 is 6.03 Å². The summed E-state index contributed by atoms with van der Waals surface area (Å²) in [4.78, 5) is 24.7. The van der Waals surface area contributed by atoms with Crippen molar-refractivity contribution in [2.45, 2.75) is 63.5 Å². The number of anilines is 1. The lowest BCUT2D eigenvalue weighted by Crippen LogP contribution is -2.65. The maximum absolute atomic E-state index is 12.6. The average Bonchev–Trinajstić information content (AvgIpc) is 2.57. The number of amides is 3. The summed E-state index contributed by atoms with van der Waals surface area (Å²) in [5, 5.41) is 19.8. The quantitative estimate of drug-likeness (QED) is 0.627. The molecule has 2 unspecified atom stereocenters. The highest BCUT2D eigenvalue weighted by Crippen LogP contribution is 2.57. The van der Waals surface area contributed by atoms with Gasteiger partial charge in [-0.1, -0.05) is 13.8 Å². The third kappa shape index (κ3) is 4.02. The van der Waals surface area contributed by atoms with Crippen LogP contribution in [-0.4, -0.2) is 34.7 Å². The molecule has 3 amide bonds. The van der Waals surface area contributed by atoms with Gasteiger partial charge in [-0.05, 0) is 80.5 Å². The minimum atomic E-state index is -0.595. The van der Waals surface area contributed by atoms with Crippen molar-refractivity contribution >= 4 is 17.6 Å². The van der Waals surface area contributed by atoms with Crippen LogP contribution in [0.4, 0.5) is 10.5 Å². The number of benzene rings is 1. The second-order valence-corrected chi connectivity index (χ2v) is 9.73. The van der Waals surface area contributed by atoms with Crippen LogP contribution in [0.15, 0.2) is 24.3 Å². The van der Waals surface area contributed by atoms with Crippen molar-refractivity contribution in [1.29, 1.82) is 0 Å². The van der Waals surface area contributed by atoms with Crippen molar-refractivity contribution < 1.29 is 14.7 Å². The number of carbonyl (C=O) groups excluding carboxylic acids is 2. The molecule has 152 valence electrons. The normalized spacial score (nSPS) is 33.0. The average molecular weight is 386 g/mol. The Kier molecular flexibility index (Phi) is 4.86. The summed E-state index contributed by atoms with van der Waals surface area (Å²) in [6.07, 6.45) is 5.55. The van der Waals surface area contributed by atoms with Crippen LogP contribution in [0.25, 0.3) is 0 Å². The Morgan fingerprint density at radius 2 is 1.75 bits per heavy atom. The van der Waals surface area contributed by atoms with Crippen molar-refractivity contribution in [2.24, 2.45) is 17.8 Å². The van der Waals surface area contributed by atoms with Gasteiger partial charge in [-0.25, -0.2) is 4.79 Å². The fourth-order valence-corrected chi connectivity index (χ4v) is 5.87. The highest BCUT2D eigenvalue weighted by Gasteiger charge is 2.57. The molecule has 6 nitrogen and oxygen atoms in total. The van der Waals surface area contributed by atoms with Crippen LogP contribution in [0.3, 0.4) is 0 Å². The van der Waals surface area contributed by atoms with Crippen molar-refractivity contribution in [3.63, 3.8) is 0 Å². The zero-order chi connectivity index (χ0) is 19.9. The van der Waals surface area contributed by atoms with E-state index in [1.807, 2.05) is 13.8 Å². The Hall–Kier alpha value is -2.08. The Balaban J connectivity index is 1.35. The van der Waals surface area contributed by atoms with E-state index in [1.54, 1.807) is 24.3 Å². The molecule has 0 heterocycles. The van der Waals surface area contributed by atoms with E-state index in [2.05, 4.69) is 16.0 Å². The van der Waals surface area contributed by atoms with Crippen molar-refractivity contribution in [1.82, 2.24) is 10.6 Å². The molecule has 4 saturated carbocycles. The van der Waals surface area contributed by atoms with Crippen molar-refractivity contribution in [3.05, 3.63) is 29.8 Å². The van der Waals surface area contributed by atoms with E-state index in [4.69, 9.17) is 0 Å². The number of aliphatic hydroxyl groups is 1. The van der Waals surface area contributed by atoms with Crippen LogP contribution in [0.2, 0.25) is 0 Å². The van der Waals surface area contributed by atoms with Crippen molar-refractivity contribution in [2.75, 3.05) is 11.9 Å². The van der Waals surface area contributed by atoms with Gasteiger partial charge in [0.1, 0.15) is 0 Å². The summed E-state index contributed by atoms with van der Waals surface area (Å²) < 4.78 is 0. The monoisotopic (exact) mass is 385 g/mol. The van der Waals surface area contributed by atoms with Gasteiger partial charge in [0.25, 0.3) is 5.91 Å². The first-order valence-electron chi connectivity index (χ1n) is 10.4. The van der Waals surface area contributed by atoms with E-state index in [0.717, 1.165) is 25.7 Å². The molecular formula is C22H31N3O3. The molecule has 6 heteroatoms. The van der Waals surface area contributed by atoms with Gasteiger partial charge in [0.05, 0.1) is 5.60 Å². The Bertz CT molecular complexity index is 745. The summed E-state index contributed by atoms with van der Waals surface area (Å²) in [6.45, 7) is 4.74. The summed E-state index contributed by atoms with van der Waals surface area (Å²) in [6, 6.07) is 6.70. The van der Waals surface area contributed by atoms with E-state index in [0.29, 0.717) is 42.0 Å². The molecule has 1 aromatic rings. The Labute approximate surface area is 166 Å². The minimum absolute atomic E-state index is 0.105. The van der Waals surface area contributed by atoms with E-state index >= 15 is 0 Å². The molecule has 28 heavy (non-hydrogen) atoms. The molecule has 4 bridgehead atoms. The minimum Gasteiger partial charge on any atom is -0.390 e. The zero-order valence-corrected chi connectivity index (χ0v) is 16.8. The molecule has 0 spiro atoms. The molecule has 1 aromatic carbocycles. The van der Waals surface area contributed by atoms with Crippen LogP contribution in [-0.2, 0) is 0 Å². The summed E-state index contributed by atoms with van der Waals surface area (Å²) in [5.41, 5.74) is 0.360. The summed E-state index contributed by atoms with van der Waals surface area (Å²) >= 11 is 0. The standard InChI is InChI=1S/C22H31N3O3/c1-14(2)12-23-19(26)17-3-5-18(6-4-17)24-20(27)25-21-8-15-7-16(9-21)11-22(28,10-15)13-21/h3-6,14-16,28H,7-13H2,1-2H3,(H,23,26)(H2,24,25,27). The van der Waals surface area contributed by atoms with Gasteiger partial charge < -0.3 is 21.1 Å². The van der Waals surface area contributed by atoms with Gasteiger partial charge in [-0.2, -0.15) is 0 Å². The fourth-order valence-electron chi connectivity index (χ4n) is 5.87. The topological polar surface area (TPSA) is 90.5 Å². The number of hydrogen-bond acceptors (Lipinski definition) is 3. The van der Waals surface area contributed by atoms with Crippen LogP contribution in [0.1, 0.15) is 62.7 Å². The summed E-state index contributed by atoms with van der Waals surface area (Å²) in [5.74, 6) is 1.34. The maximum atomic E-state index is 12.6. The lowest BCUT2D eigenvalue weighted by molar-refractivity contribution is -0.138. The smallest absolute Gasteiger partial charge is 0.319 e. The predicted octanol–water partition coefficient (Wildman–Crippen LogP) is 3.28. The highest BCUT2D eigenvalue weighted by atomic mass is 16.3. The molecule has 2 atom stereocenters. The number of rotatable bonds is 5. The first-order chi connectivity index (χ1) is 13.2. The molecule has 5 rings (SSSR count). The number of carbonyl (C=O) groups is 2. The molecule has 0 aromatic heterocycles. The third-order valence-corrected chi connectivity index (χ3v) is 6.48. The number of hydrogen-bond donors (Lipinski definition) is 4. The van der Waals surface area contributed by atoms with Gasteiger partial charge in [-0.3, -0.25) is 4.79 Å². The van der Waals surface area contributed by atoms with Gasteiger partial charge in [0.2, 0.25) is 0 Å². The second kappa shape index (κ2) is 7.07. The molecule has 4 fully saturated rings. The van der Waals surface area contributed by atoms with Gasteiger partial charge in [0.15, 0.2) is 0 Å². The first-order valence-corrected chi connectivity index (χ1v) is 10.4. The zero-order valence-electron chi connectivity index (χ0n) is 16.8.